The van der Waals surface area contributed by atoms with Gasteiger partial charge in [0.25, 0.3) is 0 Å². The molecule has 0 saturated carbocycles. The summed E-state index contributed by atoms with van der Waals surface area (Å²) >= 11 is 7.12. The highest BCUT2D eigenvalue weighted by Gasteiger charge is 2.16. The van der Waals surface area contributed by atoms with Crippen LogP contribution in [0.25, 0.3) is 11.5 Å². The number of carbonyl (C=O) groups is 1. The monoisotopic (exact) mass is 442 g/mol. The van der Waals surface area contributed by atoms with E-state index in [1.165, 1.54) is 11.8 Å². The van der Waals surface area contributed by atoms with E-state index in [1.807, 2.05) is 7.05 Å². The lowest BCUT2D eigenvalue weighted by molar-refractivity contribution is -0.113. The average Bonchev–Trinajstić information content (AvgIpc) is 3.36. The maximum Gasteiger partial charge on any atom is 0.234 e. The van der Waals surface area contributed by atoms with Crippen LogP contribution >= 0.6 is 23.4 Å². The molecule has 0 aliphatic heterocycles. The largest absolute Gasteiger partial charge is 0.338 e. The number of hydrogen-bond donors (Lipinski definition) is 1. The summed E-state index contributed by atoms with van der Waals surface area (Å²) in [5, 5.41) is 16.2. The predicted octanol–water partition coefficient (Wildman–Crippen LogP) is 2.63. The van der Waals surface area contributed by atoms with E-state index < -0.39 is 0 Å². The fourth-order valence-corrected chi connectivity index (χ4v) is 3.32. The molecule has 0 aliphatic rings. The molecule has 30 heavy (non-hydrogen) atoms. The number of rotatable bonds is 7. The van der Waals surface area contributed by atoms with Crippen LogP contribution in [0.2, 0.25) is 5.02 Å². The van der Waals surface area contributed by atoms with Gasteiger partial charge in [-0.15, -0.1) is 10.2 Å². The van der Waals surface area contributed by atoms with Crippen molar-refractivity contribution in [3.63, 3.8) is 0 Å². The van der Waals surface area contributed by atoms with Crippen LogP contribution < -0.4 is 5.32 Å². The number of hydrogen-bond acceptors (Lipinski definition) is 9. The van der Waals surface area contributed by atoms with Crippen molar-refractivity contribution in [1.29, 1.82) is 0 Å². The Morgan fingerprint density at radius 3 is 2.83 bits per heavy atom. The third-order valence-electron chi connectivity index (χ3n) is 3.96. The SMILES string of the molecule is Cn1c(Cc2nc(-c3cnccn3)no2)nnc1SCC(=O)Nc1ccc(Cl)cc1. The zero-order chi connectivity index (χ0) is 20.9. The number of amides is 1. The van der Waals surface area contributed by atoms with Gasteiger partial charge in [-0.1, -0.05) is 28.5 Å². The quantitative estimate of drug-likeness (QED) is 0.430. The second-order valence-electron chi connectivity index (χ2n) is 6.08. The molecule has 1 amide bonds. The van der Waals surface area contributed by atoms with E-state index in [1.54, 1.807) is 47.4 Å². The fraction of sp³-hybridized carbons (Fsp3) is 0.167. The van der Waals surface area contributed by atoms with E-state index in [9.17, 15) is 4.79 Å². The van der Waals surface area contributed by atoms with Crippen molar-refractivity contribution < 1.29 is 9.32 Å². The summed E-state index contributed by atoms with van der Waals surface area (Å²) in [6.45, 7) is 0. The number of anilines is 1. The molecule has 0 aliphatic carbocycles. The molecule has 4 aromatic rings. The molecule has 0 bridgehead atoms. The van der Waals surface area contributed by atoms with Crippen molar-refractivity contribution in [1.82, 2.24) is 34.9 Å². The molecule has 0 atom stereocenters. The van der Waals surface area contributed by atoms with Crippen LogP contribution in [0.4, 0.5) is 5.69 Å². The molecule has 0 unspecified atom stereocenters. The summed E-state index contributed by atoms with van der Waals surface area (Å²) in [6.07, 6.45) is 4.98. The lowest BCUT2D eigenvalue weighted by Crippen LogP contribution is -2.14. The first-order valence-corrected chi connectivity index (χ1v) is 10.1. The number of nitrogens with one attached hydrogen (secondary N) is 1. The van der Waals surface area contributed by atoms with Gasteiger partial charge in [0, 0.05) is 30.2 Å². The molecule has 0 spiro atoms. The van der Waals surface area contributed by atoms with E-state index in [0.29, 0.717) is 45.5 Å². The molecule has 4 rings (SSSR count). The van der Waals surface area contributed by atoms with Gasteiger partial charge in [0.2, 0.25) is 17.6 Å². The van der Waals surface area contributed by atoms with Crippen LogP contribution in [-0.4, -0.2) is 46.5 Å². The Morgan fingerprint density at radius 2 is 2.07 bits per heavy atom. The lowest BCUT2D eigenvalue weighted by Gasteiger charge is -2.05. The van der Waals surface area contributed by atoms with Crippen molar-refractivity contribution in [3.05, 3.63) is 59.6 Å². The summed E-state index contributed by atoms with van der Waals surface area (Å²) in [5.74, 6) is 1.39. The molecule has 3 heterocycles. The Hall–Kier alpha value is -3.31. The number of thioether (sulfide) groups is 1. The summed E-state index contributed by atoms with van der Waals surface area (Å²) < 4.78 is 7.05. The Kier molecular flexibility index (Phi) is 6.00. The van der Waals surface area contributed by atoms with Crippen LogP contribution in [0.1, 0.15) is 11.7 Å². The van der Waals surface area contributed by atoms with Gasteiger partial charge in [0.15, 0.2) is 5.16 Å². The zero-order valence-electron chi connectivity index (χ0n) is 15.7. The molecular weight excluding hydrogens is 428 g/mol. The minimum atomic E-state index is -0.155. The molecule has 0 radical (unpaired) electrons. The number of benzene rings is 1. The van der Waals surface area contributed by atoms with Gasteiger partial charge in [-0.2, -0.15) is 4.98 Å². The van der Waals surface area contributed by atoms with E-state index in [0.717, 1.165) is 0 Å². The summed E-state index contributed by atoms with van der Waals surface area (Å²) in [6, 6.07) is 6.91. The Bertz CT molecular complexity index is 1150. The van der Waals surface area contributed by atoms with Crippen molar-refractivity contribution in [2.45, 2.75) is 11.6 Å². The van der Waals surface area contributed by atoms with Crippen LogP contribution in [0.3, 0.4) is 0 Å². The number of carbonyl (C=O) groups excluding carboxylic acids is 1. The minimum Gasteiger partial charge on any atom is -0.338 e. The van der Waals surface area contributed by atoms with E-state index in [2.05, 4.69) is 35.6 Å². The molecule has 1 aromatic carbocycles. The van der Waals surface area contributed by atoms with E-state index >= 15 is 0 Å². The second-order valence-corrected chi connectivity index (χ2v) is 7.46. The van der Waals surface area contributed by atoms with E-state index in [4.69, 9.17) is 16.1 Å². The van der Waals surface area contributed by atoms with Crippen molar-refractivity contribution >= 4 is 35.0 Å². The van der Waals surface area contributed by atoms with Gasteiger partial charge in [-0.05, 0) is 24.3 Å². The van der Waals surface area contributed by atoms with Crippen LogP contribution in [0, 0.1) is 0 Å². The average molecular weight is 443 g/mol. The molecule has 0 saturated heterocycles. The Balaban J connectivity index is 1.35. The van der Waals surface area contributed by atoms with Crippen molar-refractivity contribution in [3.8, 4) is 11.5 Å². The third-order valence-corrected chi connectivity index (χ3v) is 5.23. The van der Waals surface area contributed by atoms with Crippen LogP contribution in [-0.2, 0) is 18.3 Å². The first-order valence-electron chi connectivity index (χ1n) is 8.74. The molecule has 0 fully saturated rings. The first-order chi connectivity index (χ1) is 14.6. The molecule has 3 aromatic heterocycles. The fourth-order valence-electron chi connectivity index (χ4n) is 2.47. The molecule has 1 N–H and O–H groups in total. The normalized spacial score (nSPS) is 10.9. The smallest absolute Gasteiger partial charge is 0.234 e. The van der Waals surface area contributed by atoms with Gasteiger partial charge < -0.3 is 14.4 Å². The maximum absolute atomic E-state index is 12.2. The van der Waals surface area contributed by atoms with Gasteiger partial charge in [0.1, 0.15) is 11.5 Å². The number of aromatic nitrogens is 7. The number of nitrogens with zero attached hydrogens (tertiary/aromatic N) is 7. The predicted molar refractivity (Wildman–Crippen MR) is 110 cm³/mol. The number of halogens is 1. The van der Waals surface area contributed by atoms with Crippen molar-refractivity contribution in [2.24, 2.45) is 7.05 Å². The maximum atomic E-state index is 12.2. The first kappa shape index (κ1) is 20.0. The standard InChI is InChI=1S/C18H15ClN8O2S/c1-27-14(8-16-23-17(26-29-16)13-9-20-6-7-21-13)24-25-18(27)30-10-15(28)22-12-4-2-11(19)3-5-12/h2-7,9H,8,10H2,1H3,(H,22,28). The van der Waals surface area contributed by atoms with Crippen molar-refractivity contribution in [2.75, 3.05) is 11.1 Å². The molecule has 12 heteroatoms. The molecule has 10 nitrogen and oxygen atoms in total. The highest BCUT2D eigenvalue weighted by atomic mass is 35.5. The summed E-state index contributed by atoms with van der Waals surface area (Å²) in [5.41, 5.74) is 1.20. The zero-order valence-corrected chi connectivity index (χ0v) is 17.3. The third kappa shape index (κ3) is 4.81. The second kappa shape index (κ2) is 9.01. The Morgan fingerprint density at radius 1 is 1.23 bits per heavy atom. The lowest BCUT2D eigenvalue weighted by atomic mass is 10.3. The molecular formula is C18H15ClN8O2S. The topological polar surface area (TPSA) is 125 Å². The minimum absolute atomic E-state index is 0.155. The van der Waals surface area contributed by atoms with Gasteiger partial charge in [0.05, 0.1) is 18.4 Å². The van der Waals surface area contributed by atoms with Crippen LogP contribution in [0.5, 0.6) is 0 Å². The highest BCUT2D eigenvalue weighted by Crippen LogP contribution is 2.19. The Labute approximate surface area is 180 Å². The van der Waals surface area contributed by atoms with Gasteiger partial charge in [-0.25, -0.2) is 4.98 Å². The van der Waals surface area contributed by atoms with E-state index in [-0.39, 0.29) is 11.7 Å². The molecule has 152 valence electrons. The highest BCUT2D eigenvalue weighted by molar-refractivity contribution is 7.99. The van der Waals surface area contributed by atoms with Gasteiger partial charge >= 0.3 is 0 Å². The van der Waals surface area contributed by atoms with Crippen LogP contribution in [0.15, 0.2) is 52.5 Å². The summed E-state index contributed by atoms with van der Waals surface area (Å²) in [4.78, 5) is 24.6. The van der Waals surface area contributed by atoms with Gasteiger partial charge in [-0.3, -0.25) is 9.78 Å². The summed E-state index contributed by atoms with van der Waals surface area (Å²) in [7, 11) is 1.81.